The predicted molar refractivity (Wildman–Crippen MR) is 65.7 cm³/mol. The molecule has 19 heavy (non-hydrogen) atoms. The first kappa shape index (κ1) is 15.1. The lowest BCUT2D eigenvalue weighted by molar-refractivity contribution is -0.138. The molecule has 0 saturated carbocycles. The van der Waals surface area contributed by atoms with E-state index in [9.17, 15) is 18.0 Å². The van der Waals surface area contributed by atoms with Crippen LogP contribution in [-0.4, -0.2) is 19.1 Å². The van der Waals surface area contributed by atoms with Crippen LogP contribution in [0.4, 0.5) is 18.9 Å². The van der Waals surface area contributed by atoms with Gasteiger partial charge in [-0.2, -0.15) is 13.2 Å². The third kappa shape index (κ3) is 5.46. The van der Waals surface area contributed by atoms with Crippen LogP contribution in [0.5, 0.6) is 0 Å². The molecule has 0 aliphatic rings. The highest BCUT2D eigenvalue weighted by Crippen LogP contribution is 2.30. The van der Waals surface area contributed by atoms with Gasteiger partial charge in [-0.1, -0.05) is 12.1 Å². The number of anilines is 1. The van der Waals surface area contributed by atoms with E-state index in [1.165, 1.54) is 24.3 Å². The summed E-state index contributed by atoms with van der Waals surface area (Å²) in [6.07, 6.45) is -1.65. The van der Waals surface area contributed by atoms with Gasteiger partial charge in [0.05, 0.1) is 12.2 Å². The number of carbonyl (C=O) groups excluding carboxylic acids is 1. The van der Waals surface area contributed by atoms with Gasteiger partial charge in [-0.3, -0.25) is 0 Å². The number of nitrogens with one attached hydrogen (secondary N) is 1. The minimum Gasteiger partial charge on any atom is -0.463 e. The Hall–Kier alpha value is -1.98. The smallest absolute Gasteiger partial charge is 0.416 e. The Morgan fingerprint density at radius 2 is 2.16 bits per heavy atom. The number of esters is 1. The third-order valence-corrected chi connectivity index (χ3v) is 2.15. The van der Waals surface area contributed by atoms with E-state index >= 15 is 0 Å². The number of hydrogen-bond donors (Lipinski definition) is 1. The largest absolute Gasteiger partial charge is 0.463 e. The molecule has 0 atom stereocenters. The summed E-state index contributed by atoms with van der Waals surface area (Å²) in [4.78, 5) is 11.0. The maximum absolute atomic E-state index is 12.4. The molecular formula is C13H14F3NO2. The van der Waals surface area contributed by atoms with Crippen LogP contribution in [0.15, 0.2) is 36.4 Å². The standard InChI is InChI=1S/C13H14F3NO2/c1-2-19-12(18)7-4-8-17-11-6-3-5-10(9-11)13(14,15)16/h3-7,9,17H,2,8H2,1H3/b7-4+. The Bertz CT molecular complexity index is 455. The van der Waals surface area contributed by atoms with Crippen molar-refractivity contribution < 1.29 is 22.7 Å². The van der Waals surface area contributed by atoms with Gasteiger partial charge >= 0.3 is 12.1 Å². The van der Waals surface area contributed by atoms with E-state index < -0.39 is 17.7 Å². The minimum atomic E-state index is -4.36. The summed E-state index contributed by atoms with van der Waals surface area (Å²) in [6, 6.07) is 4.85. The fourth-order valence-corrected chi connectivity index (χ4v) is 1.33. The van der Waals surface area contributed by atoms with E-state index in [0.29, 0.717) is 5.69 Å². The van der Waals surface area contributed by atoms with Gasteiger partial charge in [-0.15, -0.1) is 0 Å². The average molecular weight is 273 g/mol. The van der Waals surface area contributed by atoms with Crippen LogP contribution in [0.25, 0.3) is 0 Å². The average Bonchev–Trinajstić information content (AvgIpc) is 2.34. The molecule has 1 aromatic carbocycles. The van der Waals surface area contributed by atoms with Crippen molar-refractivity contribution in [1.29, 1.82) is 0 Å². The van der Waals surface area contributed by atoms with Crippen molar-refractivity contribution in [2.75, 3.05) is 18.5 Å². The molecule has 0 saturated heterocycles. The second kappa shape index (κ2) is 6.82. The topological polar surface area (TPSA) is 38.3 Å². The SMILES string of the molecule is CCOC(=O)/C=C/CNc1cccc(C(F)(F)F)c1. The Kier molecular flexibility index (Phi) is 5.41. The first-order chi connectivity index (χ1) is 8.93. The van der Waals surface area contributed by atoms with Crippen LogP contribution in [0, 0.1) is 0 Å². The van der Waals surface area contributed by atoms with Crippen molar-refractivity contribution in [2.24, 2.45) is 0 Å². The zero-order chi connectivity index (χ0) is 14.3. The van der Waals surface area contributed by atoms with Gasteiger partial charge in [0.15, 0.2) is 0 Å². The van der Waals surface area contributed by atoms with Gasteiger partial charge in [-0.25, -0.2) is 4.79 Å². The van der Waals surface area contributed by atoms with Gasteiger partial charge < -0.3 is 10.1 Å². The molecule has 1 aromatic rings. The fourth-order valence-electron chi connectivity index (χ4n) is 1.33. The zero-order valence-electron chi connectivity index (χ0n) is 10.3. The molecule has 0 unspecified atom stereocenters. The van der Waals surface area contributed by atoms with Crippen LogP contribution in [0.1, 0.15) is 12.5 Å². The molecule has 0 aromatic heterocycles. The van der Waals surface area contributed by atoms with Crippen molar-refractivity contribution in [1.82, 2.24) is 0 Å². The number of ether oxygens (including phenoxy) is 1. The van der Waals surface area contributed by atoms with E-state index in [-0.39, 0.29) is 13.2 Å². The summed E-state index contributed by atoms with van der Waals surface area (Å²) in [5.41, 5.74) is -0.379. The zero-order valence-corrected chi connectivity index (χ0v) is 10.3. The van der Waals surface area contributed by atoms with Gasteiger partial charge in [0, 0.05) is 18.3 Å². The monoisotopic (exact) mass is 273 g/mol. The lowest BCUT2D eigenvalue weighted by atomic mass is 10.2. The first-order valence-corrected chi connectivity index (χ1v) is 5.68. The lowest BCUT2D eigenvalue weighted by Gasteiger charge is -2.09. The fraction of sp³-hybridized carbons (Fsp3) is 0.308. The maximum Gasteiger partial charge on any atom is 0.416 e. The predicted octanol–water partition coefficient (Wildman–Crippen LogP) is 3.24. The molecule has 1 N–H and O–H groups in total. The van der Waals surface area contributed by atoms with E-state index in [2.05, 4.69) is 10.1 Å². The molecule has 3 nitrogen and oxygen atoms in total. The van der Waals surface area contributed by atoms with Crippen molar-refractivity contribution in [3.05, 3.63) is 42.0 Å². The van der Waals surface area contributed by atoms with Gasteiger partial charge in [0.2, 0.25) is 0 Å². The Balaban J connectivity index is 2.52. The quantitative estimate of drug-likeness (QED) is 0.661. The maximum atomic E-state index is 12.4. The van der Waals surface area contributed by atoms with E-state index in [4.69, 9.17) is 0 Å². The van der Waals surface area contributed by atoms with Crippen LogP contribution in [0.2, 0.25) is 0 Å². The number of alkyl halides is 3. The molecule has 6 heteroatoms. The Morgan fingerprint density at radius 3 is 2.79 bits per heavy atom. The molecule has 0 aliphatic carbocycles. The Labute approximate surface area is 109 Å². The summed E-state index contributed by atoms with van der Waals surface area (Å²) in [7, 11) is 0. The van der Waals surface area contributed by atoms with Crippen LogP contribution in [0.3, 0.4) is 0 Å². The van der Waals surface area contributed by atoms with E-state index in [0.717, 1.165) is 12.1 Å². The molecular weight excluding hydrogens is 259 g/mol. The summed E-state index contributed by atoms with van der Waals surface area (Å²) in [6.45, 7) is 2.21. The van der Waals surface area contributed by atoms with E-state index in [1.54, 1.807) is 6.92 Å². The molecule has 0 bridgehead atoms. The number of benzene rings is 1. The third-order valence-electron chi connectivity index (χ3n) is 2.15. The van der Waals surface area contributed by atoms with Gasteiger partial charge in [-0.05, 0) is 25.1 Å². The molecule has 0 spiro atoms. The Morgan fingerprint density at radius 1 is 1.42 bits per heavy atom. The molecule has 0 radical (unpaired) electrons. The number of halogens is 3. The van der Waals surface area contributed by atoms with Crippen molar-refractivity contribution in [2.45, 2.75) is 13.1 Å². The first-order valence-electron chi connectivity index (χ1n) is 5.68. The molecule has 104 valence electrons. The molecule has 0 fully saturated rings. The van der Waals surface area contributed by atoms with Crippen molar-refractivity contribution in [3.8, 4) is 0 Å². The minimum absolute atomic E-state index is 0.236. The highest BCUT2D eigenvalue weighted by molar-refractivity contribution is 5.81. The van der Waals surface area contributed by atoms with Crippen LogP contribution >= 0.6 is 0 Å². The van der Waals surface area contributed by atoms with Crippen LogP contribution in [-0.2, 0) is 15.7 Å². The molecule has 0 amide bonds. The molecule has 1 rings (SSSR count). The van der Waals surface area contributed by atoms with Crippen LogP contribution < -0.4 is 5.32 Å². The van der Waals surface area contributed by atoms with E-state index in [1.807, 2.05) is 0 Å². The summed E-state index contributed by atoms with van der Waals surface area (Å²) in [5, 5.41) is 2.76. The summed E-state index contributed by atoms with van der Waals surface area (Å²) in [5.74, 6) is -0.478. The van der Waals surface area contributed by atoms with Gasteiger partial charge in [0.1, 0.15) is 0 Å². The second-order valence-corrected chi connectivity index (χ2v) is 3.61. The number of hydrogen-bond acceptors (Lipinski definition) is 3. The van der Waals surface area contributed by atoms with Gasteiger partial charge in [0.25, 0.3) is 0 Å². The summed E-state index contributed by atoms with van der Waals surface area (Å²) < 4.78 is 42.0. The van der Waals surface area contributed by atoms with Crippen molar-refractivity contribution in [3.63, 3.8) is 0 Å². The highest BCUT2D eigenvalue weighted by Gasteiger charge is 2.30. The number of rotatable bonds is 5. The summed E-state index contributed by atoms with van der Waals surface area (Å²) >= 11 is 0. The normalized spacial score (nSPS) is 11.6. The molecule has 0 aliphatic heterocycles. The van der Waals surface area contributed by atoms with Crippen molar-refractivity contribution >= 4 is 11.7 Å². The molecule has 0 heterocycles. The lowest BCUT2D eigenvalue weighted by Crippen LogP contribution is -2.06. The highest BCUT2D eigenvalue weighted by atomic mass is 19.4. The second-order valence-electron chi connectivity index (χ2n) is 3.61. The number of carbonyl (C=O) groups is 1.